The smallest absolute Gasteiger partial charge is 0.337 e. The molecule has 1 unspecified atom stereocenters. The molecule has 0 radical (unpaired) electrons. The van der Waals surface area contributed by atoms with Crippen LogP contribution in [0.1, 0.15) is 56.2 Å². The fourth-order valence-electron chi connectivity index (χ4n) is 6.30. The molecule has 4 amide bonds. The number of benzene rings is 2. The van der Waals surface area contributed by atoms with Crippen LogP contribution in [0.3, 0.4) is 0 Å². The molecule has 1 saturated carbocycles. The van der Waals surface area contributed by atoms with Crippen molar-refractivity contribution < 1.29 is 37.4 Å². The summed E-state index contributed by atoms with van der Waals surface area (Å²) >= 11 is 0. The summed E-state index contributed by atoms with van der Waals surface area (Å²) in [6.45, 7) is 2.66. The van der Waals surface area contributed by atoms with E-state index in [0.29, 0.717) is 50.8 Å². The van der Waals surface area contributed by atoms with Crippen LogP contribution in [0.4, 0.5) is 22.8 Å². The minimum Gasteiger partial charge on any atom is -0.466 e. The number of carbonyl (C=O) groups is 3. The van der Waals surface area contributed by atoms with Crippen molar-refractivity contribution in [3.63, 3.8) is 0 Å². The van der Waals surface area contributed by atoms with Crippen LogP contribution >= 0.6 is 0 Å². The van der Waals surface area contributed by atoms with Gasteiger partial charge in [-0.1, -0.05) is 18.2 Å². The maximum absolute atomic E-state index is 14.2. The molecule has 3 N–H and O–H groups in total. The highest BCUT2D eigenvalue weighted by molar-refractivity contribution is 6.01. The molecule has 0 aromatic heterocycles. The summed E-state index contributed by atoms with van der Waals surface area (Å²) < 4.78 is 46.1. The molecule has 2 fully saturated rings. The van der Waals surface area contributed by atoms with Gasteiger partial charge in [0.05, 0.1) is 18.3 Å². The number of urea groups is 2. The van der Waals surface area contributed by atoms with Gasteiger partial charge in [0.15, 0.2) is 11.6 Å². The first-order valence-electron chi connectivity index (χ1n) is 13.9. The molecule has 2 heterocycles. The van der Waals surface area contributed by atoms with Gasteiger partial charge in [0.2, 0.25) is 0 Å². The van der Waals surface area contributed by atoms with Gasteiger partial charge in [-0.05, 0) is 74.4 Å². The number of rotatable bonds is 5. The number of esters is 1. The Morgan fingerprint density at radius 3 is 2.38 bits per heavy atom. The number of carbonyl (C=O) groups excluding carboxylic acids is 3. The van der Waals surface area contributed by atoms with Crippen molar-refractivity contribution in [2.24, 2.45) is 0 Å². The second kappa shape index (κ2) is 11.8. The zero-order chi connectivity index (χ0) is 30.2. The van der Waals surface area contributed by atoms with Crippen LogP contribution in [0, 0.1) is 17.5 Å². The molecule has 3 aliphatic rings. The van der Waals surface area contributed by atoms with Gasteiger partial charge in [0.1, 0.15) is 11.9 Å². The first-order chi connectivity index (χ1) is 20.0. The Kier molecular flexibility index (Phi) is 8.29. The van der Waals surface area contributed by atoms with E-state index >= 15 is 0 Å². The van der Waals surface area contributed by atoms with Crippen molar-refractivity contribution >= 4 is 18.0 Å². The fraction of sp³-hybridized carbons (Fsp3) is 0.433. The number of ether oxygens (including phenoxy) is 1. The van der Waals surface area contributed by atoms with E-state index in [4.69, 9.17) is 4.74 Å². The zero-order valence-electron chi connectivity index (χ0n) is 23.3. The summed E-state index contributed by atoms with van der Waals surface area (Å²) in [5, 5.41) is 16.5. The lowest BCUT2D eigenvalue weighted by molar-refractivity contribution is -0.136. The zero-order valence-corrected chi connectivity index (χ0v) is 23.3. The normalized spacial score (nSPS) is 26.7. The molecule has 2 aromatic carbocycles. The standard InChI is InChI=1S/C30H33F3N4O5/c1-17-25(27(38)42-2)26(18-3-8-23(32)24(33)15-18)37(28(39)34-17)29(40)35-21-11-14-36(16-21)22-9-12-30(41,13-10-22)19-4-6-20(31)7-5-19/h3-8,15,21-22,26,41H,9-14,16H2,1-2H3,(H,34,39)(H,35,40)/t21?,22?,26-,30?/m0/s1. The number of hydrogen-bond acceptors (Lipinski definition) is 6. The van der Waals surface area contributed by atoms with Crippen LogP contribution < -0.4 is 10.6 Å². The van der Waals surface area contributed by atoms with Gasteiger partial charge in [0, 0.05) is 30.9 Å². The Bertz CT molecular complexity index is 1410. The van der Waals surface area contributed by atoms with Crippen molar-refractivity contribution in [1.29, 1.82) is 0 Å². The van der Waals surface area contributed by atoms with Gasteiger partial charge in [-0.2, -0.15) is 0 Å². The summed E-state index contributed by atoms with van der Waals surface area (Å²) in [6.07, 6.45) is 3.07. The Balaban J connectivity index is 1.28. The van der Waals surface area contributed by atoms with E-state index in [1.54, 1.807) is 12.1 Å². The Labute approximate surface area is 241 Å². The van der Waals surface area contributed by atoms with Crippen molar-refractivity contribution in [2.75, 3.05) is 20.2 Å². The molecule has 224 valence electrons. The Hall–Kier alpha value is -3.90. The molecule has 5 rings (SSSR count). The highest BCUT2D eigenvalue weighted by Gasteiger charge is 2.44. The number of allylic oxidation sites excluding steroid dienone is 1. The maximum Gasteiger partial charge on any atom is 0.337 e. The number of nitrogens with zero attached hydrogens (tertiary/aromatic N) is 2. The number of nitrogens with one attached hydrogen (secondary N) is 2. The molecule has 2 atom stereocenters. The SMILES string of the molecule is COC(=O)C1=C(C)NC(=O)N(C(=O)NC2CCN(C3CCC(O)(c4ccc(F)cc4)CC3)C2)[C@H]1c1ccc(F)c(F)c1. The first-order valence-corrected chi connectivity index (χ1v) is 13.9. The minimum atomic E-state index is -1.35. The van der Waals surface area contributed by atoms with Gasteiger partial charge < -0.3 is 20.5 Å². The van der Waals surface area contributed by atoms with E-state index in [0.717, 1.165) is 24.1 Å². The molecular weight excluding hydrogens is 553 g/mol. The molecule has 2 aromatic rings. The molecule has 1 saturated heterocycles. The monoisotopic (exact) mass is 586 g/mol. The molecule has 2 aliphatic heterocycles. The summed E-state index contributed by atoms with van der Waals surface area (Å²) in [5.74, 6) is -3.48. The maximum atomic E-state index is 14.2. The number of methoxy groups -OCH3 is 1. The van der Waals surface area contributed by atoms with Gasteiger partial charge in [0.25, 0.3) is 0 Å². The third kappa shape index (κ3) is 5.73. The van der Waals surface area contributed by atoms with Crippen molar-refractivity contribution in [3.8, 4) is 0 Å². The van der Waals surface area contributed by atoms with E-state index < -0.39 is 41.3 Å². The highest BCUT2D eigenvalue weighted by Crippen LogP contribution is 2.40. The Morgan fingerprint density at radius 1 is 1.05 bits per heavy atom. The van der Waals surface area contributed by atoms with E-state index in [1.807, 2.05) is 0 Å². The van der Waals surface area contributed by atoms with Gasteiger partial charge in [-0.25, -0.2) is 32.5 Å². The quantitative estimate of drug-likeness (QED) is 0.453. The van der Waals surface area contributed by atoms with Gasteiger partial charge in [-0.3, -0.25) is 4.90 Å². The average Bonchev–Trinajstić information content (AvgIpc) is 3.42. The van der Waals surface area contributed by atoms with Gasteiger partial charge >= 0.3 is 18.0 Å². The first kappa shape index (κ1) is 29.6. The van der Waals surface area contributed by atoms with Crippen molar-refractivity contribution in [2.45, 2.75) is 62.8 Å². The predicted octanol–water partition coefficient (Wildman–Crippen LogP) is 4.23. The number of amides is 4. The molecule has 9 nitrogen and oxygen atoms in total. The number of aliphatic hydroxyl groups is 1. The van der Waals surface area contributed by atoms with Crippen LogP contribution in [-0.4, -0.2) is 65.2 Å². The number of halogens is 3. The van der Waals surface area contributed by atoms with Gasteiger partial charge in [-0.15, -0.1) is 0 Å². The lowest BCUT2D eigenvalue weighted by atomic mass is 9.77. The van der Waals surface area contributed by atoms with Crippen molar-refractivity contribution in [1.82, 2.24) is 20.4 Å². The van der Waals surface area contributed by atoms with Crippen LogP contribution in [0.25, 0.3) is 0 Å². The van der Waals surface area contributed by atoms with Crippen molar-refractivity contribution in [3.05, 3.63) is 82.3 Å². The highest BCUT2D eigenvalue weighted by atomic mass is 19.2. The predicted molar refractivity (Wildman–Crippen MR) is 145 cm³/mol. The van der Waals surface area contributed by atoms with E-state index in [-0.39, 0.29) is 34.7 Å². The average molecular weight is 587 g/mol. The van der Waals surface area contributed by atoms with Crippen LogP contribution in [0.15, 0.2) is 53.7 Å². The minimum absolute atomic E-state index is 0.0301. The summed E-state index contributed by atoms with van der Waals surface area (Å²) in [7, 11) is 1.14. The van der Waals surface area contributed by atoms with E-state index in [9.17, 15) is 32.7 Å². The summed E-state index contributed by atoms with van der Waals surface area (Å²) in [4.78, 5) is 42.3. The molecule has 12 heteroatoms. The topological polar surface area (TPSA) is 111 Å². The summed E-state index contributed by atoms with van der Waals surface area (Å²) in [5.41, 5.74) is -0.239. The largest absolute Gasteiger partial charge is 0.466 e. The fourth-order valence-corrected chi connectivity index (χ4v) is 6.30. The third-order valence-electron chi connectivity index (χ3n) is 8.56. The third-order valence-corrected chi connectivity index (χ3v) is 8.56. The molecule has 42 heavy (non-hydrogen) atoms. The van der Waals surface area contributed by atoms with E-state index in [2.05, 4.69) is 15.5 Å². The molecule has 0 bridgehead atoms. The molecular formula is C30H33F3N4O5. The number of imide groups is 1. The second-order valence-electron chi connectivity index (χ2n) is 11.1. The molecule has 0 spiro atoms. The second-order valence-corrected chi connectivity index (χ2v) is 11.1. The van der Waals surface area contributed by atoms with Crippen LogP contribution in [0.2, 0.25) is 0 Å². The van der Waals surface area contributed by atoms with Crippen LogP contribution in [-0.2, 0) is 15.1 Å². The molecule has 1 aliphatic carbocycles. The summed E-state index contributed by atoms with van der Waals surface area (Å²) in [6, 6.07) is 5.75. The lowest BCUT2D eigenvalue weighted by Gasteiger charge is -2.40. The Morgan fingerprint density at radius 2 is 1.74 bits per heavy atom. The number of likely N-dealkylation sites (tertiary alicyclic amines) is 1. The van der Waals surface area contributed by atoms with Crippen LogP contribution in [0.5, 0.6) is 0 Å². The lowest BCUT2D eigenvalue weighted by Crippen LogP contribution is -2.56. The number of hydrogen-bond donors (Lipinski definition) is 3. The van der Waals surface area contributed by atoms with E-state index in [1.165, 1.54) is 25.1 Å².